The van der Waals surface area contributed by atoms with E-state index in [0.717, 1.165) is 58.2 Å². The van der Waals surface area contributed by atoms with E-state index in [1.54, 1.807) is 6.07 Å². The molecule has 0 bridgehead atoms. The second-order valence-corrected chi connectivity index (χ2v) is 13.3. The molecule has 5 rings (SSSR count). The lowest BCUT2D eigenvalue weighted by atomic mass is 9.89. The fourth-order valence-corrected chi connectivity index (χ4v) is 7.55. The molecule has 14 heteroatoms. The molecule has 0 radical (unpaired) electrons. The molecule has 11 nitrogen and oxygen atoms in total. The Morgan fingerprint density at radius 1 is 0.920 bits per heavy atom. The summed E-state index contributed by atoms with van der Waals surface area (Å²) in [6.07, 6.45) is -1.46. The van der Waals surface area contributed by atoms with E-state index in [0.29, 0.717) is 11.3 Å². The number of nitriles is 1. The molecule has 0 spiro atoms. The number of esters is 4. The van der Waals surface area contributed by atoms with Gasteiger partial charge in [0.15, 0.2) is 23.7 Å². The Balaban J connectivity index is 1.69. The highest BCUT2D eigenvalue weighted by Crippen LogP contribution is 2.43. The average molecular weight is 725 g/mol. The van der Waals surface area contributed by atoms with Crippen molar-refractivity contribution in [3.8, 4) is 28.5 Å². The summed E-state index contributed by atoms with van der Waals surface area (Å²) < 4.78 is 43.6. The number of pyridine rings is 1. The second-order valence-electron chi connectivity index (χ2n) is 11.8. The molecule has 0 N–H and O–H groups in total. The lowest BCUT2D eigenvalue weighted by Crippen LogP contribution is -2.61. The van der Waals surface area contributed by atoms with Crippen LogP contribution in [0.1, 0.15) is 57.2 Å². The zero-order chi connectivity index (χ0) is 36.1. The van der Waals surface area contributed by atoms with Gasteiger partial charge < -0.3 is 23.7 Å². The third kappa shape index (κ3) is 8.43. The minimum absolute atomic E-state index is 0.0179. The van der Waals surface area contributed by atoms with Gasteiger partial charge in [0.25, 0.3) is 0 Å². The van der Waals surface area contributed by atoms with Gasteiger partial charge in [0.2, 0.25) is 0 Å². The van der Waals surface area contributed by atoms with Gasteiger partial charge in [-0.3, -0.25) is 19.2 Å². The summed E-state index contributed by atoms with van der Waals surface area (Å²) in [6, 6.07) is 13.9. The van der Waals surface area contributed by atoms with Gasteiger partial charge in [-0.05, 0) is 61.1 Å². The van der Waals surface area contributed by atoms with E-state index in [1.807, 2.05) is 18.2 Å². The van der Waals surface area contributed by atoms with Crippen LogP contribution in [-0.2, 0) is 55.7 Å². The molecular formula is C36H34ClFN2O9S. The zero-order valence-electron chi connectivity index (χ0n) is 27.7. The third-order valence-electron chi connectivity index (χ3n) is 8.15. The van der Waals surface area contributed by atoms with Crippen LogP contribution in [0.15, 0.2) is 47.5 Å². The van der Waals surface area contributed by atoms with Gasteiger partial charge in [-0.2, -0.15) is 5.26 Å². The van der Waals surface area contributed by atoms with E-state index in [2.05, 4.69) is 6.07 Å². The Labute approximate surface area is 297 Å². The standard InChI is InChI=1S/C36H34ClFN2O9S/c1-18(41)45-17-30-32(46-19(2)42)33(47-20(3)43)34(48-21(4)44)36(49-30)50-35-26(16-39)25(31-27(37)10-7-11-28(31)38)15-29(40-35)24-13-12-22-8-5-6-9-23(22)14-24/h7,10-15,30,32-34,36H,5-6,8-9,17H2,1-4H3/t30-,32+,33+,34-,36+/m1/s1. The van der Waals surface area contributed by atoms with Crippen molar-refractivity contribution in [3.63, 3.8) is 0 Å². The lowest BCUT2D eigenvalue weighted by Gasteiger charge is -2.44. The number of halogens is 2. The van der Waals surface area contributed by atoms with Crippen molar-refractivity contribution in [1.29, 1.82) is 5.26 Å². The van der Waals surface area contributed by atoms with Gasteiger partial charge in [0.1, 0.15) is 29.6 Å². The summed E-state index contributed by atoms with van der Waals surface area (Å²) in [7, 11) is 0. The largest absolute Gasteiger partial charge is 0.463 e. The highest BCUT2D eigenvalue weighted by atomic mass is 35.5. The van der Waals surface area contributed by atoms with Crippen molar-refractivity contribution in [2.45, 2.75) is 88.3 Å². The zero-order valence-corrected chi connectivity index (χ0v) is 29.3. The van der Waals surface area contributed by atoms with E-state index < -0.39 is 66.2 Å². The molecule has 1 saturated heterocycles. The lowest BCUT2D eigenvalue weighted by molar-refractivity contribution is -0.237. The summed E-state index contributed by atoms with van der Waals surface area (Å²) in [5, 5.41) is 10.6. The van der Waals surface area contributed by atoms with Crippen molar-refractivity contribution >= 4 is 47.2 Å². The number of fused-ring (bicyclic) bond motifs is 1. The molecule has 2 heterocycles. The van der Waals surface area contributed by atoms with Gasteiger partial charge >= 0.3 is 23.9 Å². The molecule has 262 valence electrons. The first-order chi connectivity index (χ1) is 23.9. The summed E-state index contributed by atoms with van der Waals surface area (Å²) in [6.45, 7) is 4.12. The molecule has 1 aliphatic carbocycles. The molecule has 0 amide bonds. The fraction of sp³-hybridized carbons (Fsp3) is 0.389. The van der Waals surface area contributed by atoms with Crippen LogP contribution in [-0.4, -0.2) is 65.3 Å². The van der Waals surface area contributed by atoms with E-state index in [1.165, 1.54) is 36.2 Å². The van der Waals surface area contributed by atoms with Crippen LogP contribution in [0.2, 0.25) is 5.02 Å². The molecule has 3 aromatic rings. The van der Waals surface area contributed by atoms with Crippen LogP contribution >= 0.6 is 23.4 Å². The van der Waals surface area contributed by atoms with E-state index in [4.69, 9.17) is 40.3 Å². The maximum absolute atomic E-state index is 15.5. The van der Waals surface area contributed by atoms with Gasteiger partial charge in [-0.25, -0.2) is 9.37 Å². The van der Waals surface area contributed by atoms with Crippen molar-refractivity contribution < 1.29 is 47.3 Å². The first kappa shape index (κ1) is 36.8. The van der Waals surface area contributed by atoms with Gasteiger partial charge in [0, 0.05) is 44.4 Å². The topological polar surface area (TPSA) is 151 Å². The molecule has 1 aliphatic heterocycles. The summed E-state index contributed by atoms with van der Waals surface area (Å²) in [5.74, 6) is -3.67. The first-order valence-corrected chi connectivity index (χ1v) is 17.1. The third-order valence-corrected chi connectivity index (χ3v) is 9.60. The quantitative estimate of drug-likeness (QED) is 0.184. The number of aryl methyl sites for hydroxylation is 2. The Bertz CT molecular complexity index is 1850. The highest BCUT2D eigenvalue weighted by molar-refractivity contribution is 7.99. The minimum atomic E-state index is -1.43. The second kappa shape index (κ2) is 16.0. The van der Waals surface area contributed by atoms with E-state index in [9.17, 15) is 24.4 Å². The van der Waals surface area contributed by atoms with Crippen molar-refractivity contribution in [3.05, 3.63) is 70.0 Å². The minimum Gasteiger partial charge on any atom is -0.463 e. The Hall–Kier alpha value is -4.51. The molecule has 2 aliphatic rings. The predicted octanol–water partition coefficient (Wildman–Crippen LogP) is 6.13. The smallest absolute Gasteiger partial charge is 0.303 e. The predicted molar refractivity (Wildman–Crippen MR) is 179 cm³/mol. The average Bonchev–Trinajstić information content (AvgIpc) is 3.05. The number of nitrogens with zero attached hydrogens (tertiary/aromatic N) is 2. The molecule has 2 aromatic carbocycles. The number of carbonyl (C=O) groups excluding carboxylic acids is 4. The number of hydrogen-bond acceptors (Lipinski definition) is 12. The maximum atomic E-state index is 15.5. The maximum Gasteiger partial charge on any atom is 0.303 e. The van der Waals surface area contributed by atoms with Crippen LogP contribution < -0.4 is 0 Å². The molecule has 1 aromatic heterocycles. The van der Waals surface area contributed by atoms with Crippen LogP contribution in [0, 0.1) is 17.1 Å². The number of benzene rings is 2. The number of thioether (sulfide) groups is 1. The van der Waals surface area contributed by atoms with Crippen LogP contribution in [0.25, 0.3) is 22.4 Å². The van der Waals surface area contributed by atoms with Gasteiger partial charge in [0.05, 0.1) is 16.3 Å². The van der Waals surface area contributed by atoms with Crippen molar-refractivity contribution in [1.82, 2.24) is 4.98 Å². The summed E-state index contributed by atoms with van der Waals surface area (Å²) in [5.41, 5.74) is 2.32. The molecular weight excluding hydrogens is 691 g/mol. The molecule has 0 unspecified atom stereocenters. The van der Waals surface area contributed by atoms with Crippen molar-refractivity contribution in [2.75, 3.05) is 6.61 Å². The van der Waals surface area contributed by atoms with Crippen LogP contribution in [0.3, 0.4) is 0 Å². The number of aromatic nitrogens is 1. The molecule has 5 atom stereocenters. The Morgan fingerprint density at radius 2 is 1.58 bits per heavy atom. The first-order valence-electron chi connectivity index (χ1n) is 15.8. The van der Waals surface area contributed by atoms with Crippen LogP contribution in [0.5, 0.6) is 0 Å². The van der Waals surface area contributed by atoms with E-state index >= 15 is 4.39 Å². The summed E-state index contributed by atoms with van der Waals surface area (Å²) >= 11 is 7.37. The SMILES string of the molecule is CC(=O)OC[C@H]1O[C@@H](Sc2nc(-c3ccc4c(c3)CCCC4)cc(-c3c(F)cccc3Cl)c2C#N)[C@H](OC(C)=O)[C@@H](OC(C)=O)[C@H]1OC(C)=O. The number of carbonyl (C=O) groups is 4. The number of rotatable bonds is 9. The fourth-order valence-electron chi connectivity index (χ4n) is 6.10. The van der Waals surface area contributed by atoms with Crippen LogP contribution in [0.4, 0.5) is 4.39 Å². The number of ether oxygens (including phenoxy) is 5. The molecule has 1 fully saturated rings. The van der Waals surface area contributed by atoms with Crippen molar-refractivity contribution in [2.24, 2.45) is 0 Å². The number of hydrogen-bond donors (Lipinski definition) is 0. The van der Waals surface area contributed by atoms with E-state index in [-0.39, 0.29) is 26.7 Å². The highest BCUT2D eigenvalue weighted by Gasteiger charge is 2.53. The molecule has 50 heavy (non-hydrogen) atoms. The molecule has 0 saturated carbocycles. The Kier molecular flexibility index (Phi) is 11.8. The summed E-state index contributed by atoms with van der Waals surface area (Å²) in [4.78, 5) is 53.6. The van der Waals surface area contributed by atoms with Gasteiger partial charge in [-0.1, -0.05) is 41.6 Å². The normalized spacial score (nSPS) is 21.3. The Morgan fingerprint density at radius 3 is 2.22 bits per heavy atom. The monoisotopic (exact) mass is 724 g/mol. The van der Waals surface area contributed by atoms with Gasteiger partial charge in [-0.15, -0.1) is 0 Å².